The van der Waals surface area contributed by atoms with Crippen molar-refractivity contribution in [2.45, 2.75) is 19.4 Å². The molecule has 1 saturated heterocycles. The van der Waals surface area contributed by atoms with E-state index in [1.165, 1.54) is 7.11 Å². The third-order valence-corrected chi connectivity index (χ3v) is 6.58. The van der Waals surface area contributed by atoms with Crippen LogP contribution in [-0.4, -0.2) is 61.6 Å². The summed E-state index contributed by atoms with van der Waals surface area (Å²) in [5.41, 5.74) is 0.918. The van der Waals surface area contributed by atoms with E-state index < -0.39 is 17.5 Å². The molecule has 0 aliphatic carbocycles. The van der Waals surface area contributed by atoms with Crippen molar-refractivity contribution in [3.63, 3.8) is 0 Å². The lowest BCUT2D eigenvalue weighted by Gasteiger charge is -2.37. The molecule has 0 bridgehead atoms. The molecule has 0 unspecified atom stereocenters. The maximum atomic E-state index is 13.3. The summed E-state index contributed by atoms with van der Waals surface area (Å²) >= 11 is 5.95. The van der Waals surface area contributed by atoms with E-state index in [1.807, 2.05) is 35.2 Å². The number of piperazine rings is 1. The Balaban J connectivity index is 1.52. The van der Waals surface area contributed by atoms with Gasteiger partial charge in [-0.2, -0.15) is 0 Å². The molecule has 3 aromatic rings. The predicted molar refractivity (Wildman–Crippen MR) is 147 cm³/mol. The average molecular weight is 536 g/mol. The number of carbonyl (C=O) groups excluding carboxylic acids is 3. The van der Waals surface area contributed by atoms with Crippen molar-refractivity contribution in [1.82, 2.24) is 4.90 Å². The number of benzene rings is 3. The van der Waals surface area contributed by atoms with Crippen molar-refractivity contribution in [2.75, 3.05) is 43.5 Å². The lowest BCUT2D eigenvalue weighted by Crippen LogP contribution is -2.49. The van der Waals surface area contributed by atoms with Crippen LogP contribution in [0.25, 0.3) is 0 Å². The number of carbonyl (C=O) groups is 3. The number of halogens is 1. The molecule has 3 aromatic carbocycles. The number of nitrogens with zero attached hydrogens (tertiary/aromatic N) is 2. The molecule has 0 spiro atoms. The van der Waals surface area contributed by atoms with E-state index in [9.17, 15) is 14.4 Å². The number of nitrogens with one attached hydrogen (secondary N) is 1. The van der Waals surface area contributed by atoms with Crippen LogP contribution >= 0.6 is 11.6 Å². The molecule has 4 rings (SSSR count). The summed E-state index contributed by atoms with van der Waals surface area (Å²) in [7, 11) is 1.31. The van der Waals surface area contributed by atoms with E-state index in [-0.39, 0.29) is 5.91 Å². The molecule has 198 valence electrons. The van der Waals surface area contributed by atoms with E-state index in [0.29, 0.717) is 53.8 Å². The predicted octanol–water partition coefficient (Wildman–Crippen LogP) is 4.89. The molecule has 1 aliphatic rings. The van der Waals surface area contributed by atoms with Gasteiger partial charge in [0.1, 0.15) is 5.75 Å². The summed E-state index contributed by atoms with van der Waals surface area (Å²) in [6, 6.07) is 21.0. The molecule has 1 N–H and O–H groups in total. The Morgan fingerprint density at radius 2 is 1.53 bits per heavy atom. The molecule has 2 amide bonds. The summed E-state index contributed by atoms with van der Waals surface area (Å²) in [4.78, 5) is 42.3. The standard InChI is InChI=1S/C29H30ClN3O5/c1-29(2,38-23-12-10-22(30)11-13-23)28(36)31-24-19-21(27(35)37-3)9-14-25(24)32-15-17-33(18-16-32)26(34)20-7-5-4-6-8-20/h4-14,19H,15-18H2,1-3H3,(H,31,36). The van der Waals surface area contributed by atoms with Gasteiger partial charge in [-0.15, -0.1) is 0 Å². The minimum Gasteiger partial charge on any atom is -0.478 e. The molecular formula is C29H30ClN3O5. The van der Waals surface area contributed by atoms with Gasteiger partial charge in [-0.3, -0.25) is 9.59 Å². The summed E-state index contributed by atoms with van der Waals surface area (Å²) < 4.78 is 10.8. The lowest BCUT2D eigenvalue weighted by atomic mass is 10.1. The first kappa shape index (κ1) is 27.0. The van der Waals surface area contributed by atoms with Gasteiger partial charge in [-0.1, -0.05) is 29.8 Å². The second-order valence-corrected chi connectivity index (χ2v) is 9.83. The van der Waals surface area contributed by atoms with E-state index in [1.54, 1.807) is 56.3 Å². The molecule has 0 saturated carbocycles. The zero-order chi connectivity index (χ0) is 27.3. The van der Waals surface area contributed by atoms with Crippen molar-refractivity contribution in [2.24, 2.45) is 0 Å². The Kier molecular flexibility index (Phi) is 8.22. The Labute approximate surface area is 227 Å². The van der Waals surface area contributed by atoms with Gasteiger partial charge in [0.25, 0.3) is 11.8 Å². The van der Waals surface area contributed by atoms with Gasteiger partial charge in [0.05, 0.1) is 24.0 Å². The van der Waals surface area contributed by atoms with Gasteiger partial charge in [0, 0.05) is 36.8 Å². The molecule has 1 fully saturated rings. The second-order valence-electron chi connectivity index (χ2n) is 9.39. The maximum absolute atomic E-state index is 13.3. The summed E-state index contributed by atoms with van der Waals surface area (Å²) in [5.74, 6) is -0.422. The third kappa shape index (κ3) is 6.26. The lowest BCUT2D eigenvalue weighted by molar-refractivity contribution is -0.128. The third-order valence-electron chi connectivity index (χ3n) is 6.33. The van der Waals surface area contributed by atoms with Gasteiger partial charge >= 0.3 is 5.97 Å². The zero-order valence-corrected chi connectivity index (χ0v) is 22.3. The number of hydrogen-bond acceptors (Lipinski definition) is 6. The van der Waals surface area contributed by atoms with Crippen molar-refractivity contribution < 1.29 is 23.9 Å². The SMILES string of the molecule is COC(=O)c1ccc(N2CCN(C(=O)c3ccccc3)CC2)c(NC(=O)C(C)(C)Oc2ccc(Cl)cc2)c1. The first-order valence-electron chi connectivity index (χ1n) is 12.3. The van der Waals surface area contributed by atoms with Crippen molar-refractivity contribution in [3.8, 4) is 5.75 Å². The summed E-state index contributed by atoms with van der Waals surface area (Å²) in [6.07, 6.45) is 0. The van der Waals surface area contributed by atoms with Crippen LogP contribution in [0.5, 0.6) is 5.75 Å². The quantitative estimate of drug-likeness (QED) is 0.434. The number of rotatable bonds is 7. The van der Waals surface area contributed by atoms with Crippen LogP contribution in [0.15, 0.2) is 72.8 Å². The van der Waals surface area contributed by atoms with Crippen LogP contribution in [0, 0.1) is 0 Å². The van der Waals surface area contributed by atoms with Crippen LogP contribution in [0.1, 0.15) is 34.6 Å². The monoisotopic (exact) mass is 535 g/mol. The van der Waals surface area contributed by atoms with Crippen LogP contribution in [0.2, 0.25) is 5.02 Å². The van der Waals surface area contributed by atoms with Gasteiger partial charge < -0.3 is 24.6 Å². The highest BCUT2D eigenvalue weighted by molar-refractivity contribution is 6.30. The minimum absolute atomic E-state index is 0.0130. The fourth-order valence-corrected chi connectivity index (χ4v) is 4.31. The Morgan fingerprint density at radius 3 is 2.16 bits per heavy atom. The fraction of sp³-hybridized carbons (Fsp3) is 0.276. The molecular weight excluding hydrogens is 506 g/mol. The first-order chi connectivity index (χ1) is 18.2. The molecule has 9 heteroatoms. The van der Waals surface area contributed by atoms with E-state index >= 15 is 0 Å². The number of hydrogen-bond donors (Lipinski definition) is 1. The Morgan fingerprint density at radius 1 is 0.868 bits per heavy atom. The van der Waals surface area contributed by atoms with Crippen LogP contribution in [-0.2, 0) is 9.53 Å². The Bertz CT molecular complexity index is 1300. The van der Waals surface area contributed by atoms with Gasteiger partial charge in [-0.25, -0.2) is 4.79 Å². The van der Waals surface area contributed by atoms with Gasteiger partial charge in [0.2, 0.25) is 0 Å². The number of amides is 2. The Hall–Kier alpha value is -4.04. The molecule has 1 aliphatic heterocycles. The number of methoxy groups -OCH3 is 1. The first-order valence-corrected chi connectivity index (χ1v) is 12.6. The van der Waals surface area contributed by atoms with Crippen LogP contribution in [0.3, 0.4) is 0 Å². The van der Waals surface area contributed by atoms with E-state index in [4.69, 9.17) is 21.1 Å². The maximum Gasteiger partial charge on any atom is 0.337 e. The summed E-state index contributed by atoms with van der Waals surface area (Å²) in [6.45, 7) is 5.48. The highest BCUT2D eigenvalue weighted by Gasteiger charge is 2.32. The average Bonchev–Trinajstić information content (AvgIpc) is 2.94. The number of anilines is 2. The molecule has 8 nitrogen and oxygen atoms in total. The number of esters is 1. The minimum atomic E-state index is -1.23. The molecule has 38 heavy (non-hydrogen) atoms. The summed E-state index contributed by atoms with van der Waals surface area (Å²) in [5, 5.41) is 3.50. The molecule has 0 radical (unpaired) electrons. The fourth-order valence-electron chi connectivity index (χ4n) is 4.19. The topological polar surface area (TPSA) is 88.2 Å². The van der Waals surface area contributed by atoms with E-state index in [2.05, 4.69) is 10.2 Å². The smallest absolute Gasteiger partial charge is 0.337 e. The molecule has 0 atom stereocenters. The van der Waals surface area contributed by atoms with Crippen molar-refractivity contribution in [1.29, 1.82) is 0 Å². The van der Waals surface area contributed by atoms with Gasteiger partial charge in [0.15, 0.2) is 5.60 Å². The number of ether oxygens (including phenoxy) is 2. The van der Waals surface area contributed by atoms with Crippen molar-refractivity contribution in [3.05, 3.63) is 88.9 Å². The second kappa shape index (κ2) is 11.6. The van der Waals surface area contributed by atoms with Gasteiger partial charge in [-0.05, 0) is 68.4 Å². The van der Waals surface area contributed by atoms with Crippen LogP contribution in [0.4, 0.5) is 11.4 Å². The molecule has 0 aromatic heterocycles. The molecule has 1 heterocycles. The zero-order valence-electron chi connectivity index (χ0n) is 21.6. The highest BCUT2D eigenvalue weighted by Crippen LogP contribution is 2.30. The van der Waals surface area contributed by atoms with Crippen LogP contribution < -0.4 is 15.0 Å². The van der Waals surface area contributed by atoms with E-state index in [0.717, 1.165) is 5.69 Å². The highest BCUT2D eigenvalue weighted by atomic mass is 35.5. The normalized spacial score (nSPS) is 13.6. The largest absolute Gasteiger partial charge is 0.478 e. The van der Waals surface area contributed by atoms with Crippen molar-refractivity contribution >= 4 is 40.8 Å².